The van der Waals surface area contributed by atoms with E-state index >= 15 is 0 Å². The number of hydrogen-bond acceptors (Lipinski definition) is 3. The molecule has 0 spiro atoms. The molecule has 0 atom stereocenters. The summed E-state index contributed by atoms with van der Waals surface area (Å²) in [6, 6.07) is 7.88. The third kappa shape index (κ3) is 2.31. The molecule has 2 N–H and O–H groups in total. The number of nitrogens with two attached hydrogens (primary N) is 1. The number of ether oxygens (including phenoxy) is 1. The van der Waals surface area contributed by atoms with Crippen molar-refractivity contribution in [2.24, 2.45) is 12.8 Å². The van der Waals surface area contributed by atoms with Crippen LogP contribution in [0, 0.1) is 13.8 Å². The zero-order valence-electron chi connectivity index (χ0n) is 10.4. The van der Waals surface area contributed by atoms with Gasteiger partial charge in [0.1, 0.15) is 5.75 Å². The van der Waals surface area contributed by atoms with E-state index in [1.54, 1.807) is 4.68 Å². The van der Waals surface area contributed by atoms with Crippen LogP contribution in [0.4, 0.5) is 0 Å². The minimum Gasteiger partial charge on any atom is -0.439 e. The Morgan fingerprint density at radius 3 is 2.71 bits per heavy atom. The maximum Gasteiger partial charge on any atom is 0.217 e. The molecule has 90 valence electrons. The van der Waals surface area contributed by atoms with E-state index in [1.807, 2.05) is 45.2 Å². The molecule has 1 aromatic carbocycles. The summed E-state index contributed by atoms with van der Waals surface area (Å²) in [5.74, 6) is 1.56. The molecule has 1 aromatic heterocycles. The van der Waals surface area contributed by atoms with Gasteiger partial charge in [-0.05, 0) is 19.4 Å². The van der Waals surface area contributed by atoms with Gasteiger partial charge in [0.2, 0.25) is 5.88 Å². The number of hydrogen-bond donors (Lipinski definition) is 1. The molecule has 0 fully saturated rings. The summed E-state index contributed by atoms with van der Waals surface area (Å²) >= 11 is 0. The van der Waals surface area contributed by atoms with Crippen molar-refractivity contribution in [1.82, 2.24) is 9.78 Å². The topological polar surface area (TPSA) is 53.1 Å². The van der Waals surface area contributed by atoms with Crippen molar-refractivity contribution in [3.8, 4) is 11.6 Å². The maximum atomic E-state index is 5.90. The van der Waals surface area contributed by atoms with Crippen molar-refractivity contribution < 1.29 is 4.74 Å². The van der Waals surface area contributed by atoms with Gasteiger partial charge >= 0.3 is 0 Å². The molecule has 1 heterocycles. The Morgan fingerprint density at radius 2 is 2.12 bits per heavy atom. The van der Waals surface area contributed by atoms with Crippen molar-refractivity contribution in [2.75, 3.05) is 0 Å². The summed E-state index contributed by atoms with van der Waals surface area (Å²) in [4.78, 5) is 0. The highest BCUT2D eigenvalue weighted by atomic mass is 16.5. The number of rotatable bonds is 3. The van der Waals surface area contributed by atoms with E-state index in [4.69, 9.17) is 10.5 Å². The van der Waals surface area contributed by atoms with Crippen LogP contribution in [-0.4, -0.2) is 9.78 Å². The van der Waals surface area contributed by atoms with E-state index in [1.165, 1.54) is 0 Å². The predicted molar refractivity (Wildman–Crippen MR) is 67.1 cm³/mol. The Bertz CT molecular complexity index is 531. The van der Waals surface area contributed by atoms with Crippen molar-refractivity contribution in [3.63, 3.8) is 0 Å². The molecule has 0 aliphatic carbocycles. The van der Waals surface area contributed by atoms with E-state index < -0.39 is 0 Å². The Morgan fingerprint density at radius 1 is 1.35 bits per heavy atom. The zero-order chi connectivity index (χ0) is 12.4. The molecule has 0 amide bonds. The third-order valence-electron chi connectivity index (χ3n) is 2.68. The average Bonchev–Trinajstić information content (AvgIpc) is 2.60. The lowest BCUT2D eigenvalue weighted by Gasteiger charge is -2.12. The molecule has 4 heteroatoms. The minimum absolute atomic E-state index is 0.466. The zero-order valence-corrected chi connectivity index (χ0v) is 10.4. The van der Waals surface area contributed by atoms with E-state index in [0.29, 0.717) is 6.54 Å². The first-order valence-electron chi connectivity index (χ1n) is 5.59. The summed E-state index contributed by atoms with van der Waals surface area (Å²) in [7, 11) is 1.86. The van der Waals surface area contributed by atoms with Crippen LogP contribution in [0.1, 0.15) is 16.8 Å². The second kappa shape index (κ2) is 4.59. The SMILES string of the molecule is Cc1cc(Oc2c(C)cccc2CN)n(C)n1. The largest absolute Gasteiger partial charge is 0.439 e. The molecule has 17 heavy (non-hydrogen) atoms. The highest BCUT2D eigenvalue weighted by Crippen LogP contribution is 2.28. The Balaban J connectivity index is 2.39. The Hall–Kier alpha value is -1.81. The number of aromatic nitrogens is 2. The van der Waals surface area contributed by atoms with Crippen molar-refractivity contribution in [3.05, 3.63) is 41.1 Å². The average molecular weight is 231 g/mol. The molecule has 2 aromatic rings. The van der Waals surface area contributed by atoms with Gasteiger partial charge in [-0.1, -0.05) is 18.2 Å². The van der Waals surface area contributed by atoms with Gasteiger partial charge in [0.25, 0.3) is 0 Å². The summed E-state index contributed by atoms with van der Waals surface area (Å²) in [5, 5.41) is 4.25. The van der Waals surface area contributed by atoms with E-state index in [9.17, 15) is 0 Å². The van der Waals surface area contributed by atoms with Gasteiger partial charge < -0.3 is 10.5 Å². The summed E-state index contributed by atoms with van der Waals surface area (Å²) in [5.41, 5.74) is 8.73. The fourth-order valence-corrected chi connectivity index (χ4v) is 1.81. The second-order valence-corrected chi connectivity index (χ2v) is 4.12. The first-order chi connectivity index (χ1) is 8.11. The summed E-state index contributed by atoms with van der Waals surface area (Å²) in [6.45, 7) is 4.42. The van der Waals surface area contributed by atoms with E-state index in [2.05, 4.69) is 5.10 Å². The predicted octanol–water partition coefficient (Wildman–Crippen LogP) is 2.29. The molecular formula is C13H17N3O. The smallest absolute Gasteiger partial charge is 0.217 e. The molecule has 0 saturated heterocycles. The number of aryl methyl sites for hydroxylation is 3. The van der Waals surface area contributed by atoms with Gasteiger partial charge in [-0.15, -0.1) is 0 Å². The molecule has 0 aliphatic heterocycles. The van der Waals surface area contributed by atoms with Gasteiger partial charge in [-0.25, -0.2) is 4.68 Å². The molecule has 0 radical (unpaired) electrons. The van der Waals surface area contributed by atoms with Crippen LogP contribution in [0.25, 0.3) is 0 Å². The first-order valence-corrected chi connectivity index (χ1v) is 5.59. The monoisotopic (exact) mass is 231 g/mol. The van der Waals surface area contributed by atoms with Crippen LogP contribution in [0.3, 0.4) is 0 Å². The first kappa shape index (κ1) is 11.7. The van der Waals surface area contributed by atoms with Crippen LogP contribution in [0.2, 0.25) is 0 Å². The van der Waals surface area contributed by atoms with Crippen LogP contribution in [0.5, 0.6) is 11.6 Å². The fraction of sp³-hybridized carbons (Fsp3) is 0.308. The lowest BCUT2D eigenvalue weighted by Crippen LogP contribution is -2.02. The normalized spacial score (nSPS) is 10.6. The Labute approximate surface area is 101 Å². The van der Waals surface area contributed by atoms with Gasteiger partial charge in [0, 0.05) is 25.2 Å². The van der Waals surface area contributed by atoms with Gasteiger partial charge in [0.05, 0.1) is 5.69 Å². The maximum absolute atomic E-state index is 5.90. The van der Waals surface area contributed by atoms with Crippen LogP contribution in [0.15, 0.2) is 24.3 Å². The highest BCUT2D eigenvalue weighted by molar-refractivity contribution is 5.42. The molecule has 4 nitrogen and oxygen atoms in total. The van der Waals surface area contributed by atoms with Crippen molar-refractivity contribution in [1.29, 1.82) is 0 Å². The number of benzene rings is 1. The van der Waals surface area contributed by atoms with Gasteiger partial charge in [0.15, 0.2) is 0 Å². The van der Waals surface area contributed by atoms with Gasteiger partial charge in [-0.2, -0.15) is 5.10 Å². The minimum atomic E-state index is 0.466. The van der Waals surface area contributed by atoms with Crippen molar-refractivity contribution in [2.45, 2.75) is 20.4 Å². The molecule has 0 aliphatic rings. The lowest BCUT2D eigenvalue weighted by molar-refractivity contribution is 0.423. The Kier molecular flexibility index (Phi) is 3.15. The standard InChI is InChI=1S/C13H17N3O/c1-9-5-4-6-11(8-14)13(9)17-12-7-10(2)15-16(12)3/h4-7H,8,14H2,1-3H3. The fourth-order valence-electron chi connectivity index (χ4n) is 1.81. The molecular weight excluding hydrogens is 214 g/mol. The molecule has 2 rings (SSSR count). The quantitative estimate of drug-likeness (QED) is 0.881. The molecule has 0 unspecified atom stereocenters. The van der Waals surface area contributed by atoms with Gasteiger partial charge in [-0.3, -0.25) is 0 Å². The number of nitrogens with zero attached hydrogens (tertiary/aromatic N) is 2. The molecule has 0 saturated carbocycles. The van der Waals surface area contributed by atoms with E-state index in [-0.39, 0.29) is 0 Å². The van der Waals surface area contributed by atoms with Crippen molar-refractivity contribution >= 4 is 0 Å². The summed E-state index contributed by atoms with van der Waals surface area (Å²) in [6.07, 6.45) is 0. The van der Waals surface area contributed by atoms with Crippen LogP contribution < -0.4 is 10.5 Å². The van der Waals surface area contributed by atoms with E-state index in [0.717, 1.165) is 28.5 Å². The third-order valence-corrected chi connectivity index (χ3v) is 2.68. The second-order valence-electron chi connectivity index (χ2n) is 4.12. The lowest BCUT2D eigenvalue weighted by atomic mass is 10.1. The van der Waals surface area contributed by atoms with Crippen LogP contribution >= 0.6 is 0 Å². The molecule has 0 bridgehead atoms. The van der Waals surface area contributed by atoms with Crippen LogP contribution in [-0.2, 0) is 13.6 Å². The number of para-hydroxylation sites is 1. The summed E-state index contributed by atoms with van der Waals surface area (Å²) < 4.78 is 7.63. The highest BCUT2D eigenvalue weighted by Gasteiger charge is 2.10.